The number of nitrogens with zero attached hydrogens (tertiary/aromatic N) is 1. The number of amides is 1. The van der Waals surface area contributed by atoms with Crippen LogP contribution in [0.2, 0.25) is 0 Å². The maximum atomic E-state index is 12.1. The quantitative estimate of drug-likeness (QED) is 0.793. The van der Waals surface area contributed by atoms with Gasteiger partial charge in [0.1, 0.15) is 5.60 Å². The number of hydrogen-bond donors (Lipinski definition) is 1. The van der Waals surface area contributed by atoms with Crippen molar-refractivity contribution in [2.24, 2.45) is 5.92 Å². The Morgan fingerprint density at radius 1 is 1.47 bits per heavy atom. The molecule has 5 nitrogen and oxygen atoms in total. The lowest BCUT2D eigenvalue weighted by Crippen LogP contribution is -2.44. The van der Waals surface area contributed by atoms with E-state index in [1.54, 1.807) is 26.8 Å². The molecule has 1 rings (SSSR count). The van der Waals surface area contributed by atoms with E-state index >= 15 is 0 Å². The molecule has 5 heteroatoms. The number of β-amino-alcohol motifs (C(OH)–C–C–N with tert-alkyl or cyclic N) is 1. The molecule has 0 radical (unpaired) electrons. The third-order valence-electron chi connectivity index (χ3n) is 3.10. The van der Waals surface area contributed by atoms with Crippen LogP contribution in [0.15, 0.2) is 12.7 Å². The second kappa shape index (κ2) is 5.74. The maximum Gasteiger partial charge on any atom is 0.411 e. The van der Waals surface area contributed by atoms with Gasteiger partial charge in [-0.2, -0.15) is 0 Å². The lowest BCUT2D eigenvalue weighted by Gasteiger charge is -2.28. The highest BCUT2D eigenvalue weighted by molar-refractivity contribution is 5.86. The molecule has 19 heavy (non-hydrogen) atoms. The first-order chi connectivity index (χ1) is 8.67. The van der Waals surface area contributed by atoms with Crippen molar-refractivity contribution in [3.8, 4) is 0 Å². The highest BCUT2D eigenvalue weighted by atomic mass is 16.6. The van der Waals surface area contributed by atoms with Crippen LogP contribution in [0.1, 0.15) is 34.1 Å². The number of rotatable bonds is 3. The van der Waals surface area contributed by atoms with Crippen LogP contribution in [-0.4, -0.2) is 46.2 Å². The summed E-state index contributed by atoms with van der Waals surface area (Å²) in [6.07, 6.45) is 0.866. The van der Waals surface area contributed by atoms with Gasteiger partial charge in [-0.25, -0.2) is 4.79 Å². The molecule has 0 aromatic heterocycles. The molecule has 0 aromatic rings. The Labute approximate surface area is 114 Å². The molecule has 1 saturated heterocycles. The minimum absolute atomic E-state index is 0.123. The Hall–Kier alpha value is -1.36. The van der Waals surface area contributed by atoms with Crippen LogP contribution in [0, 0.1) is 5.92 Å². The van der Waals surface area contributed by atoms with Gasteiger partial charge in [-0.15, -0.1) is 6.58 Å². The van der Waals surface area contributed by atoms with Crippen molar-refractivity contribution in [3.05, 3.63) is 12.7 Å². The molecular weight excluding hydrogens is 246 g/mol. The standard InChI is InChI=1S/C14H23NO4/c1-6-7-10-11(17)8-15(12(10)9(2)16)13(18)19-14(3,4)5/h6,10-12,17H,1,7-8H2,2-5H3/t10?,11?,12-/m1/s1. The smallest absolute Gasteiger partial charge is 0.411 e. The summed E-state index contributed by atoms with van der Waals surface area (Å²) in [5, 5.41) is 10.0. The molecule has 1 N–H and O–H groups in total. The molecular formula is C14H23NO4. The van der Waals surface area contributed by atoms with Gasteiger partial charge < -0.3 is 9.84 Å². The Bertz CT molecular complexity index is 372. The van der Waals surface area contributed by atoms with E-state index in [2.05, 4.69) is 6.58 Å². The van der Waals surface area contributed by atoms with Crippen LogP contribution in [-0.2, 0) is 9.53 Å². The highest BCUT2D eigenvalue weighted by Gasteiger charge is 2.46. The van der Waals surface area contributed by atoms with Gasteiger partial charge in [0.2, 0.25) is 0 Å². The Morgan fingerprint density at radius 2 is 2.05 bits per heavy atom. The minimum Gasteiger partial charge on any atom is -0.444 e. The number of hydrogen-bond acceptors (Lipinski definition) is 4. The topological polar surface area (TPSA) is 66.8 Å². The number of ketones is 1. The van der Waals surface area contributed by atoms with Gasteiger partial charge in [0, 0.05) is 5.92 Å². The first-order valence-corrected chi connectivity index (χ1v) is 6.46. The Balaban J connectivity index is 2.91. The fraction of sp³-hybridized carbons (Fsp3) is 0.714. The molecule has 1 aliphatic heterocycles. The van der Waals surface area contributed by atoms with E-state index < -0.39 is 23.8 Å². The molecule has 1 fully saturated rings. The van der Waals surface area contributed by atoms with Crippen LogP contribution < -0.4 is 0 Å². The number of Topliss-reactive ketones (excluding diaryl/α,β-unsaturated/α-hetero) is 1. The summed E-state index contributed by atoms with van der Waals surface area (Å²) in [7, 11) is 0. The van der Waals surface area contributed by atoms with Crippen molar-refractivity contribution in [2.45, 2.75) is 51.9 Å². The summed E-state index contributed by atoms with van der Waals surface area (Å²) >= 11 is 0. The van der Waals surface area contributed by atoms with Gasteiger partial charge in [0.05, 0.1) is 18.7 Å². The molecule has 0 aromatic carbocycles. The van der Waals surface area contributed by atoms with E-state index in [9.17, 15) is 14.7 Å². The van der Waals surface area contributed by atoms with Gasteiger partial charge in [-0.05, 0) is 34.1 Å². The number of carbonyl (C=O) groups excluding carboxylic acids is 2. The van der Waals surface area contributed by atoms with Crippen molar-refractivity contribution in [1.82, 2.24) is 4.90 Å². The first kappa shape index (κ1) is 15.7. The molecule has 1 heterocycles. The van der Waals surface area contributed by atoms with Gasteiger partial charge >= 0.3 is 6.09 Å². The monoisotopic (exact) mass is 269 g/mol. The molecule has 0 aliphatic carbocycles. The molecule has 3 atom stereocenters. The highest BCUT2D eigenvalue weighted by Crippen LogP contribution is 2.30. The van der Waals surface area contributed by atoms with E-state index in [4.69, 9.17) is 4.74 Å². The summed E-state index contributed by atoms with van der Waals surface area (Å²) < 4.78 is 5.27. The average Bonchev–Trinajstić information content (AvgIpc) is 2.54. The van der Waals surface area contributed by atoms with E-state index in [1.807, 2.05) is 0 Å². The zero-order chi connectivity index (χ0) is 14.8. The molecule has 0 bridgehead atoms. The van der Waals surface area contributed by atoms with E-state index in [1.165, 1.54) is 11.8 Å². The first-order valence-electron chi connectivity index (χ1n) is 6.46. The van der Waals surface area contributed by atoms with Crippen LogP contribution in [0.4, 0.5) is 4.79 Å². The van der Waals surface area contributed by atoms with Gasteiger partial charge in [-0.1, -0.05) is 6.08 Å². The number of likely N-dealkylation sites (tertiary alicyclic amines) is 1. The number of carbonyl (C=O) groups is 2. The van der Waals surface area contributed by atoms with Crippen LogP contribution in [0.5, 0.6) is 0 Å². The molecule has 2 unspecified atom stereocenters. The third kappa shape index (κ3) is 3.80. The summed E-state index contributed by atoms with van der Waals surface area (Å²) in [6, 6.07) is -0.636. The molecule has 108 valence electrons. The lowest BCUT2D eigenvalue weighted by atomic mass is 9.92. The summed E-state index contributed by atoms with van der Waals surface area (Å²) in [5.41, 5.74) is -0.625. The summed E-state index contributed by atoms with van der Waals surface area (Å²) in [5.74, 6) is -0.447. The summed E-state index contributed by atoms with van der Waals surface area (Å²) in [6.45, 7) is 10.5. The minimum atomic E-state index is -0.723. The molecule has 0 saturated carbocycles. The van der Waals surface area contributed by atoms with Gasteiger partial charge in [-0.3, -0.25) is 9.69 Å². The zero-order valence-electron chi connectivity index (χ0n) is 12.0. The van der Waals surface area contributed by atoms with Gasteiger partial charge in [0.15, 0.2) is 5.78 Å². The van der Waals surface area contributed by atoms with Gasteiger partial charge in [0.25, 0.3) is 0 Å². The van der Waals surface area contributed by atoms with Crippen LogP contribution >= 0.6 is 0 Å². The van der Waals surface area contributed by atoms with Crippen molar-refractivity contribution in [1.29, 1.82) is 0 Å². The van der Waals surface area contributed by atoms with E-state index in [0.29, 0.717) is 6.42 Å². The van der Waals surface area contributed by atoms with Crippen LogP contribution in [0.25, 0.3) is 0 Å². The fourth-order valence-electron chi connectivity index (χ4n) is 2.40. The molecule has 0 spiro atoms. The van der Waals surface area contributed by atoms with Crippen LogP contribution in [0.3, 0.4) is 0 Å². The Morgan fingerprint density at radius 3 is 2.47 bits per heavy atom. The number of ether oxygens (including phenoxy) is 1. The largest absolute Gasteiger partial charge is 0.444 e. The number of allylic oxidation sites excluding steroid dienone is 1. The molecule has 1 aliphatic rings. The average molecular weight is 269 g/mol. The normalized spacial score (nSPS) is 27.2. The molecule has 1 amide bonds. The summed E-state index contributed by atoms with van der Waals surface area (Å²) in [4.78, 5) is 25.2. The van der Waals surface area contributed by atoms with Crippen molar-refractivity contribution in [2.75, 3.05) is 6.54 Å². The predicted molar refractivity (Wildman–Crippen MR) is 71.7 cm³/mol. The van der Waals surface area contributed by atoms with Crippen molar-refractivity contribution < 1.29 is 19.4 Å². The SMILES string of the molecule is C=CCC1C(O)CN(C(=O)OC(C)(C)C)[C@@H]1C(C)=O. The van der Waals surface area contributed by atoms with Crippen molar-refractivity contribution in [3.63, 3.8) is 0 Å². The number of aliphatic hydroxyl groups is 1. The van der Waals surface area contributed by atoms with E-state index in [0.717, 1.165) is 0 Å². The maximum absolute atomic E-state index is 12.1. The van der Waals surface area contributed by atoms with E-state index in [-0.39, 0.29) is 18.2 Å². The third-order valence-corrected chi connectivity index (χ3v) is 3.10. The van der Waals surface area contributed by atoms with Crippen molar-refractivity contribution >= 4 is 11.9 Å². The predicted octanol–water partition coefficient (Wildman–Crippen LogP) is 1.75. The fourth-order valence-corrected chi connectivity index (χ4v) is 2.40. The second-order valence-electron chi connectivity index (χ2n) is 5.94. The zero-order valence-corrected chi connectivity index (χ0v) is 12.0. The number of aliphatic hydroxyl groups excluding tert-OH is 1. The second-order valence-corrected chi connectivity index (χ2v) is 5.94. The Kier molecular flexibility index (Phi) is 4.74. The lowest BCUT2D eigenvalue weighted by molar-refractivity contribution is -0.122.